The quantitative estimate of drug-likeness (QED) is 0.620. The van der Waals surface area contributed by atoms with Crippen molar-refractivity contribution in [2.45, 2.75) is 39.7 Å². The second-order valence-corrected chi connectivity index (χ2v) is 8.53. The summed E-state index contributed by atoms with van der Waals surface area (Å²) in [5.74, 6) is 1.32. The highest BCUT2D eigenvalue weighted by Crippen LogP contribution is 2.50. The van der Waals surface area contributed by atoms with E-state index < -0.39 is 0 Å². The fraction of sp³-hybridized carbons (Fsp3) is 0.440. The predicted octanol–water partition coefficient (Wildman–Crippen LogP) is 5.76. The largest absolute Gasteiger partial charge is 0.462 e. The van der Waals surface area contributed by atoms with Gasteiger partial charge in [-0.2, -0.15) is 0 Å². The molecule has 2 heterocycles. The molecule has 29 heavy (non-hydrogen) atoms. The number of carbonyl (C=O) groups excluding carboxylic acids is 1. The van der Waals surface area contributed by atoms with Crippen LogP contribution < -0.4 is 0 Å². The molecule has 0 amide bonds. The lowest BCUT2D eigenvalue weighted by Crippen LogP contribution is -2.40. The normalized spacial score (nSPS) is 31.7. The van der Waals surface area contributed by atoms with Crippen LogP contribution in [0.25, 0.3) is 17.2 Å². The smallest absolute Gasteiger partial charge is 0.309 e. The molecule has 1 saturated heterocycles. The molecule has 2 aliphatic rings. The zero-order valence-electron chi connectivity index (χ0n) is 17.2. The van der Waals surface area contributed by atoms with Crippen LogP contribution in [0.3, 0.4) is 0 Å². The topological polar surface area (TPSA) is 39.2 Å². The van der Waals surface area contributed by atoms with Gasteiger partial charge >= 0.3 is 5.97 Å². The van der Waals surface area contributed by atoms with E-state index >= 15 is 0 Å². The van der Waals surface area contributed by atoms with Crippen molar-refractivity contribution in [3.05, 3.63) is 60.2 Å². The van der Waals surface area contributed by atoms with Gasteiger partial charge in [-0.05, 0) is 60.9 Å². The number of esters is 1. The number of cyclic esters (lactones) is 1. The van der Waals surface area contributed by atoms with Crippen LogP contribution in [-0.4, -0.2) is 17.1 Å². The van der Waals surface area contributed by atoms with E-state index in [2.05, 4.69) is 31.0 Å². The molecule has 3 nitrogen and oxygen atoms in total. The molecule has 0 radical (unpaired) electrons. The average Bonchev–Trinajstić information content (AvgIpc) is 2.99. The molecule has 2 fully saturated rings. The zero-order chi connectivity index (χ0) is 20.5. The Morgan fingerprint density at radius 3 is 2.72 bits per heavy atom. The van der Waals surface area contributed by atoms with E-state index in [-0.39, 0.29) is 29.7 Å². The van der Waals surface area contributed by atoms with Gasteiger partial charge in [-0.15, -0.1) is 0 Å². The lowest BCUT2D eigenvalue weighted by atomic mass is 9.61. The molecule has 1 aliphatic heterocycles. The van der Waals surface area contributed by atoms with E-state index in [1.54, 1.807) is 12.3 Å². The number of nitrogens with zero attached hydrogens (tertiary/aromatic N) is 1. The van der Waals surface area contributed by atoms with E-state index in [4.69, 9.17) is 4.74 Å². The van der Waals surface area contributed by atoms with Gasteiger partial charge in [-0.25, -0.2) is 4.39 Å². The fourth-order valence-electron chi connectivity index (χ4n) is 5.41. The lowest BCUT2D eigenvalue weighted by Gasteiger charge is -2.41. The molecule has 2 aromatic rings. The number of pyridine rings is 1. The molecule has 0 bridgehead atoms. The SMILES string of the molecule is CC[C@H]1[C@H](/C=C/c2ccc(-c3cccc(F)c3)cn2)[C@@H]2[C@@H](C)OC(=O)[C@@H]2C[C@@H]1C. The molecule has 1 aromatic carbocycles. The molecule has 0 unspecified atom stereocenters. The van der Waals surface area contributed by atoms with Crippen molar-refractivity contribution in [3.8, 4) is 11.1 Å². The molecule has 1 saturated carbocycles. The molecule has 1 aromatic heterocycles. The van der Waals surface area contributed by atoms with Crippen LogP contribution in [0.4, 0.5) is 4.39 Å². The van der Waals surface area contributed by atoms with Gasteiger partial charge < -0.3 is 4.74 Å². The van der Waals surface area contributed by atoms with Crippen LogP contribution in [0.5, 0.6) is 0 Å². The molecule has 4 rings (SSSR count). The van der Waals surface area contributed by atoms with Crippen molar-refractivity contribution in [2.75, 3.05) is 0 Å². The summed E-state index contributed by atoms with van der Waals surface area (Å²) in [7, 11) is 0. The number of rotatable bonds is 4. The Bertz CT molecular complexity index is 907. The van der Waals surface area contributed by atoms with E-state index in [9.17, 15) is 9.18 Å². The van der Waals surface area contributed by atoms with Crippen molar-refractivity contribution in [1.29, 1.82) is 0 Å². The Hall–Kier alpha value is -2.49. The van der Waals surface area contributed by atoms with Gasteiger partial charge in [0, 0.05) is 17.7 Å². The summed E-state index contributed by atoms with van der Waals surface area (Å²) in [4.78, 5) is 16.8. The van der Waals surface area contributed by atoms with E-state index in [1.165, 1.54) is 12.1 Å². The van der Waals surface area contributed by atoms with Crippen LogP contribution in [0, 0.1) is 35.4 Å². The van der Waals surface area contributed by atoms with Crippen molar-refractivity contribution < 1.29 is 13.9 Å². The first-order chi connectivity index (χ1) is 14.0. The minimum absolute atomic E-state index is 0.0146. The highest BCUT2D eigenvalue weighted by atomic mass is 19.1. The van der Waals surface area contributed by atoms with Gasteiger partial charge in [0.25, 0.3) is 0 Å². The average molecular weight is 394 g/mol. The summed E-state index contributed by atoms with van der Waals surface area (Å²) in [6.07, 6.45) is 8.07. The number of allylic oxidation sites excluding steroid dienone is 1. The summed E-state index contributed by atoms with van der Waals surface area (Å²) in [5.41, 5.74) is 2.58. The third kappa shape index (κ3) is 3.85. The number of fused-ring (bicyclic) bond motifs is 1. The first-order valence-corrected chi connectivity index (χ1v) is 10.6. The van der Waals surface area contributed by atoms with Crippen LogP contribution in [0.2, 0.25) is 0 Å². The van der Waals surface area contributed by atoms with Crippen molar-refractivity contribution in [2.24, 2.45) is 29.6 Å². The Morgan fingerprint density at radius 2 is 2.03 bits per heavy atom. The molecular formula is C25H28FNO2. The number of hydrogen-bond acceptors (Lipinski definition) is 3. The number of ether oxygens (including phenoxy) is 1. The fourth-order valence-corrected chi connectivity index (χ4v) is 5.41. The molecule has 1 aliphatic carbocycles. The number of hydrogen-bond donors (Lipinski definition) is 0. The maximum Gasteiger partial charge on any atom is 0.309 e. The van der Waals surface area contributed by atoms with Crippen LogP contribution in [0.1, 0.15) is 39.3 Å². The maximum atomic E-state index is 13.5. The van der Waals surface area contributed by atoms with Crippen molar-refractivity contribution in [3.63, 3.8) is 0 Å². The van der Waals surface area contributed by atoms with Gasteiger partial charge in [0.1, 0.15) is 11.9 Å². The second kappa shape index (κ2) is 8.10. The Morgan fingerprint density at radius 1 is 1.21 bits per heavy atom. The van der Waals surface area contributed by atoms with Crippen LogP contribution >= 0.6 is 0 Å². The Labute approximate surface area is 172 Å². The molecular weight excluding hydrogens is 365 g/mol. The Kier molecular flexibility index (Phi) is 5.53. The highest BCUT2D eigenvalue weighted by Gasteiger charge is 2.52. The van der Waals surface area contributed by atoms with E-state index in [1.807, 2.05) is 25.1 Å². The molecule has 0 N–H and O–H groups in total. The highest BCUT2D eigenvalue weighted by molar-refractivity contribution is 5.75. The standard InChI is InChI=1S/C25H28FNO2/c1-4-21-15(2)12-23-24(16(3)29-25(23)28)22(21)11-10-20-9-8-18(14-27-20)17-6-5-7-19(26)13-17/h5-11,13-16,21-24H,4,12H2,1-3H3/b11-10+/t15-,16+,21+,22-,23+,24-/m0/s1. The summed E-state index contributed by atoms with van der Waals surface area (Å²) in [6.45, 7) is 6.52. The van der Waals surface area contributed by atoms with Crippen molar-refractivity contribution in [1.82, 2.24) is 4.98 Å². The minimum atomic E-state index is -0.250. The van der Waals surface area contributed by atoms with E-state index in [0.29, 0.717) is 17.8 Å². The third-order valence-corrected chi connectivity index (χ3v) is 6.81. The van der Waals surface area contributed by atoms with Crippen LogP contribution in [0.15, 0.2) is 48.7 Å². The van der Waals surface area contributed by atoms with Gasteiger partial charge in [-0.3, -0.25) is 9.78 Å². The monoisotopic (exact) mass is 393 g/mol. The summed E-state index contributed by atoms with van der Waals surface area (Å²) >= 11 is 0. The summed E-state index contributed by atoms with van der Waals surface area (Å²) < 4.78 is 19.0. The van der Waals surface area contributed by atoms with Crippen molar-refractivity contribution >= 4 is 12.0 Å². The van der Waals surface area contributed by atoms with Gasteiger partial charge in [-0.1, -0.05) is 44.5 Å². The second-order valence-electron chi connectivity index (χ2n) is 8.53. The maximum absolute atomic E-state index is 13.5. The van der Waals surface area contributed by atoms with Crippen LogP contribution in [-0.2, 0) is 9.53 Å². The first-order valence-electron chi connectivity index (χ1n) is 10.6. The molecule has 6 atom stereocenters. The first kappa shape index (κ1) is 19.8. The number of carbonyl (C=O) groups is 1. The Balaban J connectivity index is 1.57. The number of aromatic nitrogens is 1. The summed E-state index contributed by atoms with van der Waals surface area (Å²) in [6, 6.07) is 10.5. The van der Waals surface area contributed by atoms with E-state index in [0.717, 1.165) is 29.7 Å². The third-order valence-electron chi connectivity index (χ3n) is 6.81. The number of halogens is 1. The minimum Gasteiger partial charge on any atom is -0.462 e. The zero-order valence-corrected chi connectivity index (χ0v) is 17.2. The predicted molar refractivity (Wildman–Crippen MR) is 112 cm³/mol. The van der Waals surface area contributed by atoms with Gasteiger partial charge in [0.2, 0.25) is 0 Å². The van der Waals surface area contributed by atoms with Gasteiger partial charge in [0.15, 0.2) is 0 Å². The van der Waals surface area contributed by atoms with Gasteiger partial charge in [0.05, 0.1) is 11.6 Å². The molecule has 4 heteroatoms. The molecule has 0 spiro atoms. The lowest BCUT2D eigenvalue weighted by molar-refractivity contribution is -0.144. The summed E-state index contributed by atoms with van der Waals surface area (Å²) in [5, 5.41) is 0. The molecule has 152 valence electrons. The number of benzene rings is 1.